The van der Waals surface area contributed by atoms with E-state index >= 15 is 0 Å². The van der Waals surface area contributed by atoms with Gasteiger partial charge in [-0.3, -0.25) is 4.79 Å². The van der Waals surface area contributed by atoms with Crippen molar-refractivity contribution in [2.24, 2.45) is 0 Å². The maximum Gasteiger partial charge on any atom is 0.237 e. The maximum absolute atomic E-state index is 12.4. The van der Waals surface area contributed by atoms with E-state index in [-0.39, 0.29) is 18.5 Å². The molecule has 1 aromatic rings. The second-order valence-electron chi connectivity index (χ2n) is 5.90. The molecule has 0 spiro atoms. The van der Waals surface area contributed by atoms with E-state index in [2.05, 4.69) is 5.32 Å². The molecule has 0 saturated carbocycles. The first-order chi connectivity index (χ1) is 11.0. The third-order valence-corrected chi connectivity index (χ3v) is 4.22. The molecule has 2 N–H and O–H groups in total. The first kappa shape index (κ1) is 17.6. The number of aliphatic hydroxyl groups is 1. The first-order valence-corrected chi connectivity index (χ1v) is 7.91. The number of benzene rings is 1. The van der Waals surface area contributed by atoms with Crippen LogP contribution in [0.3, 0.4) is 0 Å². The predicted octanol–water partition coefficient (Wildman–Crippen LogP) is 1.12. The number of amides is 1. The molecule has 1 heterocycles. The van der Waals surface area contributed by atoms with Crippen LogP contribution in [0.4, 0.5) is 0 Å². The van der Waals surface area contributed by atoms with Crippen LogP contribution in [0.5, 0.6) is 11.5 Å². The number of nitrogens with zero attached hydrogens (tertiary/aromatic N) is 1. The Bertz CT molecular complexity index is 560. The van der Waals surface area contributed by atoms with E-state index in [0.717, 1.165) is 17.7 Å². The van der Waals surface area contributed by atoms with Gasteiger partial charge in [0.25, 0.3) is 0 Å². The Hall–Kier alpha value is -1.79. The quantitative estimate of drug-likeness (QED) is 0.821. The number of fused-ring (bicyclic) bond motifs is 1. The molecule has 0 bridgehead atoms. The minimum atomic E-state index is -0.459. The lowest BCUT2D eigenvalue weighted by Gasteiger charge is -2.36. The Morgan fingerprint density at radius 1 is 1.39 bits per heavy atom. The van der Waals surface area contributed by atoms with E-state index in [1.165, 1.54) is 5.56 Å². The van der Waals surface area contributed by atoms with Crippen molar-refractivity contribution in [2.45, 2.75) is 32.4 Å². The molecule has 1 unspecified atom stereocenters. The molecule has 0 radical (unpaired) electrons. The van der Waals surface area contributed by atoms with Gasteiger partial charge in [0, 0.05) is 13.1 Å². The number of ether oxygens (including phenoxy) is 2. The second kappa shape index (κ2) is 7.66. The zero-order valence-corrected chi connectivity index (χ0v) is 14.3. The average molecular weight is 322 g/mol. The predicted molar refractivity (Wildman–Crippen MR) is 87.9 cm³/mol. The first-order valence-electron chi connectivity index (χ1n) is 7.91. The van der Waals surface area contributed by atoms with Crippen LogP contribution in [0.1, 0.15) is 31.0 Å². The molecule has 23 heavy (non-hydrogen) atoms. The van der Waals surface area contributed by atoms with Crippen molar-refractivity contribution in [2.75, 3.05) is 33.9 Å². The van der Waals surface area contributed by atoms with Gasteiger partial charge < -0.3 is 24.8 Å². The van der Waals surface area contributed by atoms with Gasteiger partial charge >= 0.3 is 0 Å². The number of carbonyl (C=O) groups excluding carboxylic acids is 1. The second-order valence-corrected chi connectivity index (χ2v) is 5.90. The lowest BCUT2D eigenvalue weighted by Crippen LogP contribution is -2.44. The van der Waals surface area contributed by atoms with Crippen LogP contribution in [0.15, 0.2) is 12.1 Å². The van der Waals surface area contributed by atoms with E-state index in [0.29, 0.717) is 18.8 Å². The highest BCUT2D eigenvalue weighted by atomic mass is 16.5. The highest BCUT2D eigenvalue weighted by molar-refractivity contribution is 5.79. The molecule has 2 rings (SSSR count). The van der Waals surface area contributed by atoms with Gasteiger partial charge in [0.05, 0.1) is 32.9 Å². The van der Waals surface area contributed by atoms with Crippen LogP contribution in [0.25, 0.3) is 0 Å². The average Bonchev–Trinajstić information content (AvgIpc) is 2.53. The highest BCUT2D eigenvalue weighted by Crippen LogP contribution is 2.37. The fraction of sp³-hybridized carbons (Fsp3) is 0.588. The number of carbonyl (C=O) groups is 1. The van der Waals surface area contributed by atoms with E-state index < -0.39 is 6.10 Å². The number of hydrogen-bond donors (Lipinski definition) is 2. The summed E-state index contributed by atoms with van der Waals surface area (Å²) in [5.74, 6) is 1.44. The van der Waals surface area contributed by atoms with Crippen molar-refractivity contribution in [1.29, 1.82) is 0 Å². The lowest BCUT2D eigenvalue weighted by atomic mass is 9.92. The SMILES string of the molecule is COc1cc2c(cc1OC)C(C)N(C(=O)CNC[C@@H](C)O)CC2. The summed E-state index contributed by atoms with van der Waals surface area (Å²) in [5.41, 5.74) is 2.29. The minimum absolute atomic E-state index is 0.0144. The molecule has 1 aromatic carbocycles. The van der Waals surface area contributed by atoms with Crippen LogP contribution >= 0.6 is 0 Å². The summed E-state index contributed by atoms with van der Waals surface area (Å²) in [6.45, 7) is 5.04. The number of aliphatic hydroxyl groups excluding tert-OH is 1. The third-order valence-electron chi connectivity index (χ3n) is 4.22. The zero-order valence-electron chi connectivity index (χ0n) is 14.3. The summed E-state index contributed by atoms with van der Waals surface area (Å²) in [5, 5.41) is 12.2. The molecule has 2 atom stereocenters. The molecule has 0 fully saturated rings. The smallest absolute Gasteiger partial charge is 0.237 e. The molecule has 1 aliphatic heterocycles. The van der Waals surface area contributed by atoms with Crippen molar-refractivity contribution in [3.05, 3.63) is 23.3 Å². The van der Waals surface area contributed by atoms with Crippen LogP contribution in [0.2, 0.25) is 0 Å². The monoisotopic (exact) mass is 322 g/mol. The molecule has 128 valence electrons. The summed E-state index contributed by atoms with van der Waals surface area (Å²) in [6.07, 6.45) is 0.335. The van der Waals surface area contributed by atoms with Crippen LogP contribution in [0, 0.1) is 0 Å². The summed E-state index contributed by atoms with van der Waals surface area (Å²) in [4.78, 5) is 14.3. The van der Waals surface area contributed by atoms with Crippen molar-refractivity contribution >= 4 is 5.91 Å². The Morgan fingerprint density at radius 2 is 2.04 bits per heavy atom. The normalized spacial score (nSPS) is 18.3. The highest BCUT2D eigenvalue weighted by Gasteiger charge is 2.28. The van der Waals surface area contributed by atoms with Crippen LogP contribution in [-0.2, 0) is 11.2 Å². The Morgan fingerprint density at radius 3 is 2.65 bits per heavy atom. The van der Waals surface area contributed by atoms with Gasteiger partial charge in [0.15, 0.2) is 11.5 Å². The standard InChI is InChI=1S/C17H26N2O4/c1-11(20)9-18-10-17(21)19-6-5-13-7-15(22-3)16(23-4)8-14(13)12(19)2/h7-8,11-12,18,20H,5-6,9-10H2,1-4H3/t11-,12?/m1/s1. The van der Waals surface area contributed by atoms with Crippen molar-refractivity contribution in [1.82, 2.24) is 10.2 Å². The van der Waals surface area contributed by atoms with Crippen molar-refractivity contribution < 1.29 is 19.4 Å². The fourth-order valence-electron chi connectivity index (χ4n) is 2.97. The van der Waals surface area contributed by atoms with E-state index in [4.69, 9.17) is 9.47 Å². The molecular weight excluding hydrogens is 296 g/mol. The lowest BCUT2D eigenvalue weighted by molar-refractivity contribution is -0.132. The molecule has 0 aromatic heterocycles. The maximum atomic E-state index is 12.4. The van der Waals surface area contributed by atoms with Gasteiger partial charge in [-0.15, -0.1) is 0 Å². The summed E-state index contributed by atoms with van der Waals surface area (Å²) >= 11 is 0. The molecular formula is C17H26N2O4. The van der Waals surface area contributed by atoms with Gasteiger partial charge in [0.1, 0.15) is 0 Å². The Kier molecular flexibility index (Phi) is 5.85. The van der Waals surface area contributed by atoms with Gasteiger partial charge in [-0.1, -0.05) is 0 Å². The summed E-state index contributed by atoms with van der Waals surface area (Å²) in [7, 11) is 3.24. The summed E-state index contributed by atoms with van der Waals surface area (Å²) in [6, 6.07) is 3.94. The van der Waals surface area contributed by atoms with Gasteiger partial charge in [-0.25, -0.2) is 0 Å². The molecule has 1 amide bonds. The minimum Gasteiger partial charge on any atom is -0.493 e. The Balaban J connectivity index is 2.13. The van der Waals surface area contributed by atoms with Crippen LogP contribution in [-0.4, -0.2) is 55.9 Å². The van der Waals surface area contributed by atoms with Gasteiger partial charge in [0.2, 0.25) is 5.91 Å². The molecule has 6 heteroatoms. The molecule has 6 nitrogen and oxygen atoms in total. The summed E-state index contributed by atoms with van der Waals surface area (Å²) < 4.78 is 10.7. The largest absolute Gasteiger partial charge is 0.493 e. The fourth-order valence-corrected chi connectivity index (χ4v) is 2.97. The van der Waals surface area contributed by atoms with E-state index in [9.17, 15) is 9.90 Å². The molecule has 0 saturated heterocycles. The molecule has 1 aliphatic rings. The Labute approximate surface area is 137 Å². The number of hydrogen-bond acceptors (Lipinski definition) is 5. The number of nitrogens with one attached hydrogen (secondary N) is 1. The van der Waals surface area contributed by atoms with Crippen molar-refractivity contribution in [3.63, 3.8) is 0 Å². The van der Waals surface area contributed by atoms with Gasteiger partial charge in [-0.2, -0.15) is 0 Å². The number of methoxy groups -OCH3 is 2. The molecule has 0 aliphatic carbocycles. The zero-order chi connectivity index (χ0) is 17.0. The van der Waals surface area contributed by atoms with Crippen LogP contribution < -0.4 is 14.8 Å². The topological polar surface area (TPSA) is 71.0 Å². The third kappa shape index (κ3) is 3.95. The van der Waals surface area contributed by atoms with E-state index in [1.54, 1.807) is 21.1 Å². The van der Waals surface area contributed by atoms with Crippen molar-refractivity contribution in [3.8, 4) is 11.5 Å². The van der Waals surface area contributed by atoms with Gasteiger partial charge in [-0.05, 0) is 43.5 Å². The van der Waals surface area contributed by atoms with E-state index in [1.807, 2.05) is 24.0 Å². The number of rotatable bonds is 6.